The maximum absolute atomic E-state index is 13.5. The molecule has 0 atom stereocenters. The number of nitrogens with two attached hydrogens (primary N) is 1. The first-order valence-electron chi connectivity index (χ1n) is 4.34. The Kier molecular flexibility index (Phi) is 2.48. The summed E-state index contributed by atoms with van der Waals surface area (Å²) < 4.78 is 15.7. The summed E-state index contributed by atoms with van der Waals surface area (Å²) >= 11 is 3.26. The van der Waals surface area contributed by atoms with E-state index >= 15 is 0 Å². The van der Waals surface area contributed by atoms with Crippen molar-refractivity contribution in [2.75, 3.05) is 5.73 Å². The van der Waals surface area contributed by atoms with Crippen molar-refractivity contribution in [3.63, 3.8) is 0 Å². The Bertz CT molecular complexity index is 507. The Hall–Kier alpha value is -1.36. The van der Waals surface area contributed by atoms with Crippen LogP contribution in [0.5, 0.6) is 0 Å². The molecule has 0 saturated carbocycles. The Morgan fingerprint density at radius 3 is 2.60 bits per heavy atom. The molecule has 1 aromatic carbocycles. The van der Waals surface area contributed by atoms with E-state index in [1.54, 1.807) is 29.8 Å². The molecule has 0 radical (unpaired) electrons. The van der Waals surface area contributed by atoms with Crippen molar-refractivity contribution in [3.8, 4) is 11.3 Å². The molecule has 1 heterocycles. The predicted octanol–water partition coefficient (Wildman–Crippen LogP) is 2.57. The summed E-state index contributed by atoms with van der Waals surface area (Å²) in [5.41, 5.74) is 6.75. The second-order valence-corrected chi connectivity index (χ2v) is 3.90. The van der Waals surface area contributed by atoms with Crippen LogP contribution < -0.4 is 5.73 Å². The number of hydrogen-bond donors (Lipinski definition) is 1. The van der Waals surface area contributed by atoms with Gasteiger partial charge in [0, 0.05) is 12.6 Å². The monoisotopic (exact) mass is 269 g/mol. The second-order valence-electron chi connectivity index (χ2n) is 3.15. The third kappa shape index (κ3) is 1.63. The van der Waals surface area contributed by atoms with Gasteiger partial charge < -0.3 is 10.3 Å². The lowest BCUT2D eigenvalue weighted by molar-refractivity contribution is 0.629. The van der Waals surface area contributed by atoms with Crippen LogP contribution in [0.25, 0.3) is 11.3 Å². The molecule has 2 aromatic rings. The fourth-order valence-electron chi connectivity index (χ4n) is 1.43. The zero-order valence-electron chi connectivity index (χ0n) is 8.04. The number of nitrogens with zero attached hydrogens (tertiary/aromatic N) is 2. The van der Waals surface area contributed by atoms with Gasteiger partial charge in [0.15, 0.2) is 0 Å². The molecule has 0 bridgehead atoms. The molecule has 0 aliphatic rings. The SMILES string of the molecule is Cn1c(N)nc(Br)c1-c1ccccc1F. The highest BCUT2D eigenvalue weighted by Gasteiger charge is 2.15. The molecule has 0 aliphatic heterocycles. The molecule has 0 aliphatic carbocycles. The van der Waals surface area contributed by atoms with E-state index < -0.39 is 0 Å². The third-order valence-electron chi connectivity index (χ3n) is 2.22. The molecule has 3 nitrogen and oxygen atoms in total. The van der Waals surface area contributed by atoms with E-state index in [9.17, 15) is 4.39 Å². The Morgan fingerprint density at radius 2 is 2.07 bits per heavy atom. The molecule has 0 saturated heterocycles. The summed E-state index contributed by atoms with van der Waals surface area (Å²) in [6.45, 7) is 0. The lowest BCUT2D eigenvalue weighted by Crippen LogP contribution is -1.99. The van der Waals surface area contributed by atoms with Gasteiger partial charge in [0.05, 0.1) is 5.69 Å². The zero-order valence-corrected chi connectivity index (χ0v) is 9.62. The molecule has 78 valence electrons. The Labute approximate surface area is 94.9 Å². The van der Waals surface area contributed by atoms with Crippen molar-refractivity contribution in [1.29, 1.82) is 0 Å². The van der Waals surface area contributed by atoms with Crippen LogP contribution in [-0.4, -0.2) is 9.55 Å². The van der Waals surface area contributed by atoms with Crippen LogP contribution >= 0.6 is 15.9 Å². The van der Waals surface area contributed by atoms with Gasteiger partial charge in [-0.25, -0.2) is 9.37 Å². The minimum absolute atomic E-state index is 0.291. The predicted molar refractivity (Wildman–Crippen MR) is 60.7 cm³/mol. The van der Waals surface area contributed by atoms with Crippen molar-refractivity contribution in [2.24, 2.45) is 7.05 Å². The average molecular weight is 270 g/mol. The number of imidazole rings is 1. The summed E-state index contributed by atoms with van der Waals surface area (Å²) in [5, 5.41) is 0. The van der Waals surface area contributed by atoms with Crippen molar-refractivity contribution in [3.05, 3.63) is 34.7 Å². The van der Waals surface area contributed by atoms with Gasteiger partial charge in [-0.1, -0.05) is 12.1 Å². The van der Waals surface area contributed by atoms with Gasteiger partial charge in [-0.3, -0.25) is 0 Å². The van der Waals surface area contributed by atoms with Gasteiger partial charge in [-0.2, -0.15) is 0 Å². The maximum Gasteiger partial charge on any atom is 0.201 e. The van der Waals surface area contributed by atoms with E-state index in [-0.39, 0.29) is 5.82 Å². The van der Waals surface area contributed by atoms with Gasteiger partial charge in [0.1, 0.15) is 10.4 Å². The van der Waals surface area contributed by atoms with Crippen LogP contribution in [0, 0.1) is 5.82 Å². The van der Waals surface area contributed by atoms with Crippen molar-refractivity contribution in [1.82, 2.24) is 9.55 Å². The van der Waals surface area contributed by atoms with Crippen LogP contribution in [0.15, 0.2) is 28.9 Å². The summed E-state index contributed by atoms with van der Waals surface area (Å²) in [4.78, 5) is 4.02. The van der Waals surface area contributed by atoms with Crippen molar-refractivity contribution < 1.29 is 4.39 Å². The second kappa shape index (κ2) is 3.66. The summed E-state index contributed by atoms with van der Waals surface area (Å²) in [7, 11) is 1.74. The highest BCUT2D eigenvalue weighted by Crippen LogP contribution is 2.30. The normalized spacial score (nSPS) is 10.6. The Morgan fingerprint density at radius 1 is 1.40 bits per heavy atom. The molecular weight excluding hydrogens is 261 g/mol. The molecule has 5 heteroatoms. The van der Waals surface area contributed by atoms with E-state index in [1.165, 1.54) is 6.07 Å². The van der Waals surface area contributed by atoms with Gasteiger partial charge >= 0.3 is 0 Å². The van der Waals surface area contributed by atoms with E-state index in [1.807, 2.05) is 0 Å². The molecule has 0 fully saturated rings. The average Bonchev–Trinajstić information content (AvgIpc) is 2.43. The largest absolute Gasteiger partial charge is 0.369 e. The number of hydrogen-bond acceptors (Lipinski definition) is 2. The smallest absolute Gasteiger partial charge is 0.201 e. The minimum Gasteiger partial charge on any atom is -0.369 e. The molecular formula is C10H9BrFN3. The quantitative estimate of drug-likeness (QED) is 0.865. The number of nitrogen functional groups attached to an aromatic ring is 1. The van der Waals surface area contributed by atoms with Crippen LogP contribution in [0.4, 0.5) is 10.3 Å². The van der Waals surface area contributed by atoms with Crippen LogP contribution in [-0.2, 0) is 7.05 Å². The first kappa shape index (κ1) is 10.2. The van der Waals surface area contributed by atoms with Gasteiger partial charge in [0.25, 0.3) is 0 Å². The number of rotatable bonds is 1. The van der Waals surface area contributed by atoms with Gasteiger partial charge in [0.2, 0.25) is 5.95 Å². The van der Waals surface area contributed by atoms with Gasteiger partial charge in [-0.15, -0.1) is 0 Å². The first-order chi connectivity index (χ1) is 7.11. The molecule has 0 unspecified atom stereocenters. The third-order valence-corrected chi connectivity index (χ3v) is 2.77. The number of anilines is 1. The highest BCUT2D eigenvalue weighted by molar-refractivity contribution is 9.10. The lowest BCUT2D eigenvalue weighted by Gasteiger charge is -2.05. The fourth-order valence-corrected chi connectivity index (χ4v) is 2.09. The van der Waals surface area contributed by atoms with Crippen molar-refractivity contribution in [2.45, 2.75) is 0 Å². The zero-order chi connectivity index (χ0) is 11.0. The minimum atomic E-state index is -0.291. The fraction of sp³-hybridized carbons (Fsp3) is 0.100. The van der Waals surface area contributed by atoms with E-state index in [2.05, 4.69) is 20.9 Å². The maximum atomic E-state index is 13.5. The summed E-state index contributed by atoms with van der Waals surface area (Å²) in [6.07, 6.45) is 0. The molecule has 0 spiro atoms. The lowest BCUT2D eigenvalue weighted by atomic mass is 10.1. The number of halogens is 2. The van der Waals surface area contributed by atoms with E-state index in [4.69, 9.17) is 5.73 Å². The number of aromatic nitrogens is 2. The van der Waals surface area contributed by atoms with Crippen LogP contribution in [0.3, 0.4) is 0 Å². The van der Waals surface area contributed by atoms with Gasteiger partial charge in [-0.05, 0) is 28.1 Å². The number of benzene rings is 1. The summed E-state index contributed by atoms with van der Waals surface area (Å²) in [6, 6.07) is 6.52. The molecule has 2 rings (SSSR count). The summed E-state index contributed by atoms with van der Waals surface area (Å²) in [5.74, 6) is 0.0568. The van der Waals surface area contributed by atoms with Crippen molar-refractivity contribution >= 4 is 21.9 Å². The van der Waals surface area contributed by atoms with Crippen LogP contribution in [0.2, 0.25) is 0 Å². The molecule has 15 heavy (non-hydrogen) atoms. The topological polar surface area (TPSA) is 43.8 Å². The van der Waals surface area contributed by atoms with E-state index in [0.717, 1.165) is 0 Å². The Balaban J connectivity index is 2.69. The first-order valence-corrected chi connectivity index (χ1v) is 5.13. The standard InChI is InChI=1S/C10H9BrFN3/c1-15-8(9(11)14-10(15)13)6-4-2-3-5-7(6)12/h2-5H,1H3,(H2,13,14). The van der Waals surface area contributed by atoms with Crippen LogP contribution in [0.1, 0.15) is 0 Å². The highest BCUT2D eigenvalue weighted by atomic mass is 79.9. The molecule has 0 amide bonds. The van der Waals surface area contributed by atoms with E-state index in [0.29, 0.717) is 21.8 Å². The molecule has 1 aromatic heterocycles. The molecule has 2 N–H and O–H groups in total.